The molecule has 0 saturated heterocycles. The highest BCUT2D eigenvalue weighted by Gasteiger charge is 2.25. The Kier molecular flexibility index (Phi) is 4.25. The van der Waals surface area contributed by atoms with Crippen molar-refractivity contribution in [3.8, 4) is 16.9 Å². The van der Waals surface area contributed by atoms with Crippen LogP contribution in [0, 0.1) is 27.7 Å². The van der Waals surface area contributed by atoms with Crippen molar-refractivity contribution in [2.75, 3.05) is 0 Å². The van der Waals surface area contributed by atoms with Gasteiger partial charge in [-0.3, -0.25) is 0 Å². The fraction of sp³-hybridized carbons (Fsp3) is 0.179. The third-order valence-electron chi connectivity index (χ3n) is 6.40. The van der Waals surface area contributed by atoms with E-state index in [4.69, 9.17) is 0 Å². The molecule has 0 aliphatic heterocycles. The van der Waals surface area contributed by atoms with E-state index in [0.29, 0.717) is 0 Å². The number of hydrogen-bond acceptors (Lipinski definition) is 0. The summed E-state index contributed by atoms with van der Waals surface area (Å²) in [5, 5.41) is 2.54. The predicted octanol–water partition coefficient (Wildman–Crippen LogP) is 6.51. The Bertz CT molecular complexity index is 1440. The highest BCUT2D eigenvalue weighted by atomic mass is 15.0. The molecule has 0 saturated carbocycles. The minimum absolute atomic E-state index is 1.24. The van der Waals surface area contributed by atoms with Crippen molar-refractivity contribution < 1.29 is 4.57 Å². The van der Waals surface area contributed by atoms with E-state index in [-0.39, 0.29) is 0 Å². The second-order valence-electron chi connectivity index (χ2n) is 8.38. The molecule has 148 valence electrons. The lowest BCUT2D eigenvalue weighted by Crippen LogP contribution is -2.37. The number of hydrogen-bond donors (Lipinski definition) is 0. The van der Waals surface area contributed by atoms with Crippen LogP contribution in [0.3, 0.4) is 0 Å². The molecule has 2 heterocycles. The maximum atomic E-state index is 2.42. The molecule has 0 unspecified atom stereocenters. The van der Waals surface area contributed by atoms with Crippen LogP contribution in [-0.2, 0) is 7.05 Å². The van der Waals surface area contributed by atoms with Crippen LogP contribution in [-0.4, -0.2) is 4.57 Å². The molecule has 0 atom stereocenters. The zero-order chi connectivity index (χ0) is 21.0. The van der Waals surface area contributed by atoms with Crippen LogP contribution in [0.25, 0.3) is 38.8 Å². The molecule has 2 heteroatoms. The fourth-order valence-electron chi connectivity index (χ4n) is 5.05. The molecular formula is C28H27N2+. The van der Waals surface area contributed by atoms with Gasteiger partial charge < -0.3 is 4.57 Å². The van der Waals surface area contributed by atoms with Gasteiger partial charge in [0, 0.05) is 64.8 Å². The van der Waals surface area contributed by atoms with E-state index < -0.39 is 0 Å². The van der Waals surface area contributed by atoms with Crippen LogP contribution in [0.2, 0.25) is 0 Å². The molecule has 5 aromatic rings. The quantitative estimate of drug-likeness (QED) is 0.303. The lowest BCUT2D eigenvalue weighted by molar-refractivity contribution is -0.575. The van der Waals surface area contributed by atoms with Crippen molar-refractivity contribution >= 4 is 21.8 Å². The number of aromatic nitrogens is 2. The van der Waals surface area contributed by atoms with Gasteiger partial charge in [-0.15, -0.1) is 0 Å². The predicted molar refractivity (Wildman–Crippen MR) is 126 cm³/mol. The molecule has 0 aliphatic carbocycles. The second-order valence-corrected chi connectivity index (χ2v) is 8.38. The first-order valence-electron chi connectivity index (χ1n) is 10.5. The van der Waals surface area contributed by atoms with Crippen molar-refractivity contribution in [2.24, 2.45) is 7.05 Å². The summed E-state index contributed by atoms with van der Waals surface area (Å²) in [6.07, 6.45) is 0. The third kappa shape index (κ3) is 2.68. The topological polar surface area (TPSA) is 8.81 Å². The highest BCUT2D eigenvalue weighted by molar-refractivity contribution is 5.89. The molecule has 0 radical (unpaired) electrons. The van der Waals surface area contributed by atoms with E-state index >= 15 is 0 Å². The van der Waals surface area contributed by atoms with Crippen LogP contribution in [0.4, 0.5) is 0 Å². The van der Waals surface area contributed by atoms with Gasteiger partial charge in [-0.2, -0.15) is 4.57 Å². The van der Waals surface area contributed by atoms with Crippen molar-refractivity contribution in [3.63, 3.8) is 0 Å². The molecule has 30 heavy (non-hydrogen) atoms. The smallest absolute Gasteiger partial charge is 0.218 e. The van der Waals surface area contributed by atoms with Gasteiger partial charge in [-0.25, -0.2) is 0 Å². The van der Waals surface area contributed by atoms with Crippen molar-refractivity contribution in [1.29, 1.82) is 0 Å². The van der Waals surface area contributed by atoms with Gasteiger partial charge in [-0.05, 0) is 56.7 Å². The summed E-state index contributed by atoms with van der Waals surface area (Å²) in [5.41, 5.74) is 11.6. The Morgan fingerprint density at radius 3 is 2.17 bits per heavy atom. The van der Waals surface area contributed by atoms with E-state index in [0.717, 1.165) is 0 Å². The first-order chi connectivity index (χ1) is 14.5. The fourth-order valence-corrected chi connectivity index (χ4v) is 5.05. The zero-order valence-electron chi connectivity index (χ0n) is 18.3. The normalized spacial score (nSPS) is 11.5. The van der Waals surface area contributed by atoms with E-state index in [2.05, 4.69) is 117 Å². The van der Waals surface area contributed by atoms with Crippen molar-refractivity contribution in [3.05, 3.63) is 95.2 Å². The maximum Gasteiger partial charge on any atom is 0.218 e. The Hall–Kier alpha value is -3.39. The first kappa shape index (κ1) is 18.6. The summed E-state index contributed by atoms with van der Waals surface area (Å²) in [6.45, 7) is 8.93. The lowest BCUT2D eigenvalue weighted by Gasteiger charge is -2.16. The summed E-state index contributed by atoms with van der Waals surface area (Å²) in [4.78, 5) is 0. The maximum absolute atomic E-state index is 2.42. The molecule has 2 nitrogen and oxygen atoms in total. The molecule has 2 aromatic heterocycles. The molecule has 0 N–H and O–H groups in total. The Balaban J connectivity index is 1.87. The molecule has 0 spiro atoms. The van der Waals surface area contributed by atoms with Crippen molar-refractivity contribution in [1.82, 2.24) is 4.57 Å². The second kappa shape index (κ2) is 6.84. The number of para-hydroxylation sites is 2. The third-order valence-corrected chi connectivity index (χ3v) is 6.40. The van der Waals surface area contributed by atoms with E-state index in [1.54, 1.807) is 0 Å². The molecule has 0 bridgehead atoms. The summed E-state index contributed by atoms with van der Waals surface area (Å²) < 4.78 is 4.75. The Labute approximate surface area is 178 Å². The monoisotopic (exact) mass is 391 g/mol. The minimum atomic E-state index is 1.24. The number of aryl methyl sites for hydroxylation is 4. The Morgan fingerprint density at radius 2 is 1.40 bits per heavy atom. The minimum Gasteiger partial charge on any atom is -0.344 e. The number of pyridine rings is 1. The number of nitrogens with zero attached hydrogens (tertiary/aromatic N) is 2. The largest absolute Gasteiger partial charge is 0.344 e. The summed E-state index contributed by atoms with van der Waals surface area (Å²) in [7, 11) is 2.17. The van der Waals surface area contributed by atoms with Crippen molar-refractivity contribution in [2.45, 2.75) is 27.7 Å². The van der Waals surface area contributed by atoms with E-state index in [9.17, 15) is 0 Å². The SMILES string of the molecule is Cc1cc(C)c(-[n+]2c(C)ccc3ccccc32)c(C)c1-c1cc2ccccc2n1C. The van der Waals surface area contributed by atoms with Gasteiger partial charge in [0.05, 0.1) is 0 Å². The van der Waals surface area contributed by atoms with Crippen LogP contribution in [0.5, 0.6) is 0 Å². The van der Waals surface area contributed by atoms with Crippen LogP contribution < -0.4 is 4.57 Å². The number of rotatable bonds is 2. The molecule has 0 fully saturated rings. The van der Waals surface area contributed by atoms with Crippen LogP contribution in [0.1, 0.15) is 22.4 Å². The Morgan fingerprint density at radius 1 is 0.700 bits per heavy atom. The number of fused-ring (bicyclic) bond motifs is 2. The first-order valence-corrected chi connectivity index (χ1v) is 10.5. The zero-order valence-corrected chi connectivity index (χ0v) is 18.3. The average molecular weight is 392 g/mol. The van der Waals surface area contributed by atoms with Crippen LogP contribution in [0.15, 0.2) is 72.8 Å². The van der Waals surface area contributed by atoms with Gasteiger partial charge in [0.15, 0.2) is 5.69 Å². The summed E-state index contributed by atoms with van der Waals surface area (Å²) in [5.74, 6) is 0. The van der Waals surface area contributed by atoms with Gasteiger partial charge >= 0.3 is 0 Å². The van der Waals surface area contributed by atoms with Gasteiger partial charge in [-0.1, -0.05) is 30.3 Å². The molecule has 3 aromatic carbocycles. The van der Waals surface area contributed by atoms with Gasteiger partial charge in [0.25, 0.3) is 0 Å². The molecule has 0 aliphatic rings. The summed E-state index contributed by atoms with van der Waals surface area (Å²) >= 11 is 0. The summed E-state index contributed by atoms with van der Waals surface area (Å²) in [6, 6.07) is 26.4. The highest BCUT2D eigenvalue weighted by Crippen LogP contribution is 2.35. The molecule has 0 amide bonds. The lowest BCUT2D eigenvalue weighted by atomic mass is 9.94. The molecular weight excluding hydrogens is 364 g/mol. The average Bonchev–Trinajstić information content (AvgIpc) is 3.06. The van der Waals surface area contributed by atoms with Gasteiger partial charge in [0.2, 0.25) is 11.2 Å². The molecule has 5 rings (SSSR count). The van der Waals surface area contributed by atoms with Crippen LogP contribution >= 0.6 is 0 Å². The van der Waals surface area contributed by atoms with E-state index in [1.165, 1.54) is 61.1 Å². The standard InChI is InChI=1S/C28H27N2/c1-18-16-19(2)28(30-20(3)14-15-22-10-6-9-13-25(22)30)21(4)27(18)26-17-23-11-7-8-12-24(23)29(26)5/h6-17H,1-5H3/q+1. The van der Waals surface area contributed by atoms with Gasteiger partial charge in [0.1, 0.15) is 0 Å². The number of benzene rings is 3. The van der Waals surface area contributed by atoms with E-state index in [1.807, 2.05) is 0 Å².